The van der Waals surface area contributed by atoms with E-state index in [-0.39, 0.29) is 12.3 Å². The Morgan fingerprint density at radius 1 is 0.963 bits per heavy atom. The third-order valence-corrected chi connectivity index (χ3v) is 4.61. The fraction of sp³-hybridized carbons (Fsp3) is 0.300. The summed E-state index contributed by atoms with van der Waals surface area (Å²) in [5.74, 6) is -1.99. The fourth-order valence-electron chi connectivity index (χ4n) is 3.07. The quantitative estimate of drug-likeness (QED) is 0.819. The molecule has 0 radical (unpaired) electrons. The van der Waals surface area contributed by atoms with Gasteiger partial charge in [0.1, 0.15) is 17.3 Å². The summed E-state index contributed by atoms with van der Waals surface area (Å²) < 4.78 is 27.2. The number of amides is 1. The van der Waals surface area contributed by atoms with E-state index in [4.69, 9.17) is 0 Å². The molecule has 0 saturated carbocycles. The molecule has 2 aromatic carbocycles. The van der Waals surface area contributed by atoms with Crippen LogP contribution in [0, 0.1) is 11.6 Å². The Kier molecular flexibility index (Phi) is 5.81. The minimum absolute atomic E-state index is 0.0312. The monoisotopic (exact) mass is 373 g/mol. The number of nitrogens with one attached hydrogen (secondary N) is 1. The summed E-state index contributed by atoms with van der Waals surface area (Å²) >= 11 is 0. The van der Waals surface area contributed by atoms with Gasteiger partial charge >= 0.3 is 0 Å². The first-order valence-electron chi connectivity index (χ1n) is 8.76. The first kappa shape index (κ1) is 19.0. The highest BCUT2D eigenvalue weighted by Crippen LogP contribution is 2.19. The maximum atomic E-state index is 13.6. The van der Waals surface area contributed by atoms with Crippen LogP contribution in [0.2, 0.25) is 0 Å². The van der Waals surface area contributed by atoms with Crippen molar-refractivity contribution < 1.29 is 18.4 Å². The van der Waals surface area contributed by atoms with Crippen molar-refractivity contribution in [3.63, 3.8) is 0 Å². The van der Waals surface area contributed by atoms with Crippen molar-refractivity contribution in [1.82, 2.24) is 4.90 Å². The van der Waals surface area contributed by atoms with Gasteiger partial charge in [0.2, 0.25) is 5.91 Å². The maximum absolute atomic E-state index is 13.6. The molecule has 5 nitrogen and oxygen atoms in total. The minimum Gasteiger partial charge on any atom is -0.369 e. The van der Waals surface area contributed by atoms with Gasteiger partial charge in [-0.3, -0.25) is 14.5 Å². The second-order valence-electron chi connectivity index (χ2n) is 6.51. The molecular weight excluding hydrogens is 352 g/mol. The van der Waals surface area contributed by atoms with E-state index in [1.807, 2.05) is 17.0 Å². The molecule has 7 heteroatoms. The van der Waals surface area contributed by atoms with Gasteiger partial charge in [-0.15, -0.1) is 0 Å². The third-order valence-electron chi connectivity index (χ3n) is 4.61. The van der Waals surface area contributed by atoms with Crippen LogP contribution in [0.3, 0.4) is 0 Å². The number of benzene rings is 2. The Hall–Kier alpha value is -2.80. The van der Waals surface area contributed by atoms with Crippen LogP contribution in [-0.4, -0.2) is 49.3 Å². The van der Waals surface area contributed by atoms with Gasteiger partial charge in [-0.05, 0) is 43.3 Å². The van der Waals surface area contributed by atoms with Crippen LogP contribution in [0.25, 0.3) is 0 Å². The van der Waals surface area contributed by atoms with Gasteiger partial charge in [0.05, 0.1) is 6.54 Å². The Balaban J connectivity index is 1.52. The molecule has 0 aromatic heterocycles. The van der Waals surface area contributed by atoms with E-state index < -0.39 is 23.2 Å². The first-order chi connectivity index (χ1) is 12.9. The molecule has 142 valence electrons. The largest absolute Gasteiger partial charge is 0.369 e. The van der Waals surface area contributed by atoms with Gasteiger partial charge in [-0.1, -0.05) is 6.07 Å². The molecule has 1 N–H and O–H groups in total. The minimum atomic E-state index is -0.790. The van der Waals surface area contributed by atoms with Gasteiger partial charge < -0.3 is 10.2 Å². The van der Waals surface area contributed by atoms with Crippen molar-refractivity contribution in [2.75, 3.05) is 42.9 Å². The highest BCUT2D eigenvalue weighted by atomic mass is 19.1. The van der Waals surface area contributed by atoms with E-state index in [0.29, 0.717) is 18.7 Å². The number of carbonyl (C=O) groups is 2. The van der Waals surface area contributed by atoms with Crippen molar-refractivity contribution in [1.29, 1.82) is 0 Å². The van der Waals surface area contributed by atoms with Gasteiger partial charge in [0.25, 0.3) is 0 Å². The normalized spacial score (nSPS) is 14.9. The Morgan fingerprint density at radius 2 is 1.56 bits per heavy atom. The standard InChI is InChI=1S/C20H21F2N3O2/c1-14(26)15-5-7-16(8-6-15)25-11-9-24(10-12-25)13-19(27)23-20-17(21)3-2-4-18(20)22/h2-8H,9-13H2,1H3,(H,23,27). The lowest BCUT2D eigenvalue weighted by Gasteiger charge is -2.35. The lowest BCUT2D eigenvalue weighted by Crippen LogP contribution is -2.48. The number of rotatable bonds is 5. The van der Waals surface area contributed by atoms with E-state index in [9.17, 15) is 18.4 Å². The van der Waals surface area contributed by atoms with Crippen molar-refractivity contribution in [3.05, 3.63) is 59.7 Å². The molecule has 1 aliphatic rings. The molecule has 0 aliphatic carbocycles. The molecular formula is C20H21F2N3O2. The number of Topliss-reactive ketones (excluding diaryl/α,β-unsaturated/α-hetero) is 1. The summed E-state index contributed by atoms with van der Waals surface area (Å²) in [5.41, 5.74) is 1.29. The highest BCUT2D eigenvalue weighted by molar-refractivity contribution is 5.94. The summed E-state index contributed by atoms with van der Waals surface area (Å²) in [4.78, 5) is 27.6. The van der Waals surface area contributed by atoms with Gasteiger partial charge in [0.15, 0.2) is 5.78 Å². The van der Waals surface area contributed by atoms with E-state index in [1.54, 1.807) is 12.1 Å². The van der Waals surface area contributed by atoms with Crippen LogP contribution < -0.4 is 10.2 Å². The van der Waals surface area contributed by atoms with E-state index in [0.717, 1.165) is 30.9 Å². The molecule has 0 unspecified atom stereocenters. The van der Waals surface area contributed by atoms with E-state index >= 15 is 0 Å². The summed E-state index contributed by atoms with van der Waals surface area (Å²) in [7, 11) is 0. The van der Waals surface area contributed by atoms with E-state index in [1.165, 1.54) is 13.0 Å². The second-order valence-corrected chi connectivity index (χ2v) is 6.51. The number of ketones is 1. The molecule has 2 aromatic rings. The molecule has 1 aliphatic heterocycles. The number of nitrogens with zero attached hydrogens (tertiary/aromatic N) is 2. The molecule has 1 fully saturated rings. The molecule has 1 saturated heterocycles. The van der Waals surface area contributed by atoms with Gasteiger partial charge in [-0.25, -0.2) is 8.78 Å². The van der Waals surface area contributed by atoms with Gasteiger partial charge in [0, 0.05) is 37.4 Å². The molecule has 1 heterocycles. The van der Waals surface area contributed by atoms with Crippen LogP contribution in [0.15, 0.2) is 42.5 Å². The molecule has 3 rings (SSSR count). The molecule has 1 amide bonds. The number of para-hydroxylation sites is 1. The Morgan fingerprint density at radius 3 is 2.11 bits per heavy atom. The number of piperazine rings is 1. The summed E-state index contributed by atoms with van der Waals surface area (Å²) in [6, 6.07) is 10.9. The van der Waals surface area contributed by atoms with E-state index in [2.05, 4.69) is 10.2 Å². The second kappa shape index (κ2) is 8.26. The summed E-state index contributed by atoms with van der Waals surface area (Å²) in [5, 5.41) is 2.31. The fourth-order valence-corrected chi connectivity index (χ4v) is 3.07. The zero-order chi connectivity index (χ0) is 19.4. The number of hydrogen-bond acceptors (Lipinski definition) is 4. The zero-order valence-corrected chi connectivity index (χ0v) is 15.0. The van der Waals surface area contributed by atoms with Crippen LogP contribution in [0.1, 0.15) is 17.3 Å². The van der Waals surface area contributed by atoms with Crippen molar-refractivity contribution in [3.8, 4) is 0 Å². The summed E-state index contributed by atoms with van der Waals surface area (Å²) in [6.45, 7) is 4.36. The zero-order valence-electron chi connectivity index (χ0n) is 15.0. The van der Waals surface area contributed by atoms with Crippen LogP contribution in [0.4, 0.5) is 20.2 Å². The number of halogens is 2. The SMILES string of the molecule is CC(=O)c1ccc(N2CCN(CC(=O)Nc3c(F)cccc3F)CC2)cc1. The smallest absolute Gasteiger partial charge is 0.238 e. The highest BCUT2D eigenvalue weighted by Gasteiger charge is 2.20. The lowest BCUT2D eigenvalue weighted by molar-refractivity contribution is -0.117. The van der Waals surface area contributed by atoms with Crippen LogP contribution in [-0.2, 0) is 4.79 Å². The Labute approximate surface area is 156 Å². The molecule has 27 heavy (non-hydrogen) atoms. The van der Waals surface area contributed by atoms with Crippen LogP contribution >= 0.6 is 0 Å². The predicted octanol–water partition coefficient (Wildman–Crippen LogP) is 2.93. The number of carbonyl (C=O) groups excluding carboxylic acids is 2. The van der Waals surface area contributed by atoms with Crippen molar-refractivity contribution in [2.45, 2.75) is 6.92 Å². The van der Waals surface area contributed by atoms with Gasteiger partial charge in [-0.2, -0.15) is 0 Å². The first-order valence-corrected chi connectivity index (χ1v) is 8.76. The average Bonchev–Trinajstić information content (AvgIpc) is 2.65. The van der Waals surface area contributed by atoms with Crippen molar-refractivity contribution >= 4 is 23.1 Å². The average molecular weight is 373 g/mol. The third kappa shape index (κ3) is 4.68. The lowest BCUT2D eigenvalue weighted by atomic mass is 10.1. The van der Waals surface area contributed by atoms with Crippen LogP contribution in [0.5, 0.6) is 0 Å². The number of anilines is 2. The predicted molar refractivity (Wildman–Crippen MR) is 100 cm³/mol. The number of hydrogen-bond donors (Lipinski definition) is 1. The molecule has 0 spiro atoms. The molecule has 0 atom stereocenters. The molecule has 0 bridgehead atoms. The topological polar surface area (TPSA) is 52.7 Å². The Bertz CT molecular complexity index is 811. The van der Waals surface area contributed by atoms with Crippen molar-refractivity contribution in [2.24, 2.45) is 0 Å². The summed E-state index contributed by atoms with van der Waals surface area (Å²) in [6.07, 6.45) is 0. The maximum Gasteiger partial charge on any atom is 0.238 e.